The summed E-state index contributed by atoms with van der Waals surface area (Å²) in [5.74, 6) is -2.23. The summed E-state index contributed by atoms with van der Waals surface area (Å²) in [6.07, 6.45) is 1.58. The van der Waals surface area contributed by atoms with Crippen molar-refractivity contribution in [1.82, 2.24) is 30.0 Å². The Morgan fingerprint density at radius 1 is 1.34 bits per heavy atom. The summed E-state index contributed by atoms with van der Waals surface area (Å²) in [5, 5.41) is 20.1. The topological polar surface area (TPSA) is 215 Å². The number of oxime groups is 1. The third kappa shape index (κ3) is 5.05. The van der Waals surface area contributed by atoms with Crippen molar-refractivity contribution in [3.8, 4) is 0 Å². The molecule has 0 aromatic carbocycles. The number of carbonyl (C=O) groups excluding carboxylic acids is 2. The molecule has 5 rings (SSSR count). The van der Waals surface area contributed by atoms with E-state index in [1.54, 1.807) is 5.38 Å². The van der Waals surface area contributed by atoms with Crippen LogP contribution < -0.4 is 22.2 Å². The minimum atomic E-state index is -1.30. The number of aryl methyl sites for hydroxylation is 1. The normalized spacial score (nSPS) is 21.1. The summed E-state index contributed by atoms with van der Waals surface area (Å²) in [7, 11) is 1.49. The van der Waals surface area contributed by atoms with E-state index in [2.05, 4.69) is 25.5 Å². The highest BCUT2D eigenvalue weighted by atomic mass is 32.2. The van der Waals surface area contributed by atoms with Gasteiger partial charge < -0.3 is 21.0 Å². The molecule has 4 heterocycles. The molecule has 2 atom stereocenters. The molecule has 3 aliphatic rings. The van der Waals surface area contributed by atoms with Crippen molar-refractivity contribution in [2.75, 3.05) is 17.2 Å². The Labute approximate surface area is 225 Å². The number of nitrogen functional groups attached to an aromatic ring is 1. The highest BCUT2D eigenvalue weighted by Gasteiger charge is 2.54. The molecule has 2 aliphatic heterocycles. The predicted molar refractivity (Wildman–Crippen MR) is 138 cm³/mol. The van der Waals surface area contributed by atoms with Crippen LogP contribution in [0.2, 0.25) is 0 Å². The van der Waals surface area contributed by atoms with Crippen LogP contribution in [0.1, 0.15) is 18.5 Å². The average molecular weight is 581 g/mol. The van der Waals surface area contributed by atoms with Gasteiger partial charge in [0.05, 0.1) is 0 Å². The van der Waals surface area contributed by atoms with Gasteiger partial charge in [0.2, 0.25) is 0 Å². The van der Waals surface area contributed by atoms with Crippen LogP contribution in [0.4, 0.5) is 5.13 Å². The molecular weight excluding hydrogens is 560 g/mol. The first-order chi connectivity index (χ1) is 18.1. The summed E-state index contributed by atoms with van der Waals surface area (Å²) in [6, 6.07) is -0.986. The van der Waals surface area contributed by atoms with E-state index in [0.29, 0.717) is 5.57 Å². The third-order valence-corrected chi connectivity index (χ3v) is 8.79. The van der Waals surface area contributed by atoms with Gasteiger partial charge in [-0.3, -0.25) is 33.9 Å². The fraction of sp³-hybridized carbons (Fsp3) is 0.400. The van der Waals surface area contributed by atoms with E-state index < -0.39 is 40.3 Å². The molecule has 1 saturated heterocycles. The van der Waals surface area contributed by atoms with Crippen LogP contribution >= 0.6 is 34.9 Å². The molecule has 0 radical (unpaired) electrons. The lowest BCUT2D eigenvalue weighted by atomic mass is 10.0. The van der Waals surface area contributed by atoms with Gasteiger partial charge in [0, 0.05) is 23.9 Å². The van der Waals surface area contributed by atoms with Crippen molar-refractivity contribution in [2.45, 2.75) is 35.5 Å². The van der Waals surface area contributed by atoms with Crippen LogP contribution in [0, 0.1) is 0 Å². The Kier molecular flexibility index (Phi) is 7.01. The van der Waals surface area contributed by atoms with E-state index in [-0.39, 0.29) is 45.0 Å². The molecule has 200 valence electrons. The summed E-state index contributed by atoms with van der Waals surface area (Å²) in [4.78, 5) is 75.5. The van der Waals surface area contributed by atoms with Crippen molar-refractivity contribution in [2.24, 2.45) is 12.2 Å². The van der Waals surface area contributed by atoms with Gasteiger partial charge in [-0.15, -0.1) is 23.1 Å². The first-order valence-electron chi connectivity index (χ1n) is 11.1. The van der Waals surface area contributed by atoms with Crippen LogP contribution in [-0.2, 0) is 26.3 Å². The van der Waals surface area contributed by atoms with E-state index in [1.807, 2.05) is 0 Å². The Hall–Kier alpha value is -3.64. The number of H-pyrrole nitrogens is 1. The minimum Gasteiger partial charge on any atom is -0.477 e. The Morgan fingerprint density at radius 2 is 2.11 bits per heavy atom. The summed E-state index contributed by atoms with van der Waals surface area (Å²) in [6.45, 7) is 0. The maximum Gasteiger partial charge on any atom is 0.352 e. The third-order valence-electron chi connectivity index (χ3n) is 5.66. The number of amides is 2. The molecule has 0 bridgehead atoms. The average Bonchev–Trinajstić information content (AvgIpc) is 3.61. The molecular formula is C20H20N8O7S3. The second kappa shape index (κ2) is 10.3. The Balaban J connectivity index is 1.32. The van der Waals surface area contributed by atoms with E-state index in [1.165, 1.54) is 23.5 Å². The second-order valence-electron chi connectivity index (χ2n) is 8.42. The smallest absolute Gasteiger partial charge is 0.352 e. The van der Waals surface area contributed by atoms with Crippen molar-refractivity contribution >= 4 is 63.5 Å². The molecule has 2 aromatic rings. The van der Waals surface area contributed by atoms with Crippen LogP contribution in [0.15, 0.2) is 36.6 Å². The number of fused-ring (bicyclic) bond motifs is 1. The maximum atomic E-state index is 13.1. The second-order valence-corrected chi connectivity index (χ2v) is 11.4. The van der Waals surface area contributed by atoms with Crippen molar-refractivity contribution in [3.63, 3.8) is 0 Å². The van der Waals surface area contributed by atoms with E-state index in [4.69, 9.17) is 10.6 Å². The quantitative estimate of drug-likeness (QED) is 0.0916. The lowest BCUT2D eigenvalue weighted by Gasteiger charge is -2.49. The summed E-state index contributed by atoms with van der Waals surface area (Å²) < 4.78 is 1.26. The molecule has 2 amide bonds. The van der Waals surface area contributed by atoms with E-state index >= 15 is 0 Å². The Morgan fingerprint density at radius 3 is 2.76 bits per heavy atom. The molecule has 0 unspecified atom stereocenters. The number of nitrogens with two attached hydrogens (primary N) is 1. The number of nitrogens with zero attached hydrogens (tertiary/aromatic N) is 5. The van der Waals surface area contributed by atoms with Crippen molar-refractivity contribution in [1.29, 1.82) is 0 Å². The number of aromatic nitrogens is 4. The summed E-state index contributed by atoms with van der Waals surface area (Å²) >= 11 is 3.46. The highest BCUT2D eigenvalue weighted by molar-refractivity contribution is 8.01. The van der Waals surface area contributed by atoms with Gasteiger partial charge >= 0.3 is 17.1 Å². The number of aromatic amines is 1. The lowest BCUT2D eigenvalue weighted by molar-refractivity contribution is -0.150. The lowest BCUT2D eigenvalue weighted by Crippen LogP contribution is -2.71. The van der Waals surface area contributed by atoms with Crippen molar-refractivity contribution in [3.05, 3.63) is 43.1 Å². The predicted octanol–water partition coefficient (Wildman–Crippen LogP) is -1.08. The zero-order chi connectivity index (χ0) is 27.1. The number of anilines is 1. The van der Waals surface area contributed by atoms with Gasteiger partial charge in [0.15, 0.2) is 16.0 Å². The molecule has 0 spiro atoms. The molecule has 5 N–H and O–H groups in total. The number of carbonyl (C=O) groups is 3. The summed E-state index contributed by atoms with van der Waals surface area (Å²) in [5.41, 5.74) is 4.19. The van der Waals surface area contributed by atoms with Gasteiger partial charge in [0.25, 0.3) is 11.8 Å². The van der Waals surface area contributed by atoms with Gasteiger partial charge in [-0.05, 0) is 18.4 Å². The van der Waals surface area contributed by atoms with Crippen molar-refractivity contribution < 1.29 is 24.3 Å². The molecule has 2 fully saturated rings. The molecule has 2 aromatic heterocycles. The number of rotatable bonds is 9. The van der Waals surface area contributed by atoms with E-state index in [0.717, 1.165) is 40.8 Å². The number of nitrogens with one attached hydrogen (secondary N) is 2. The van der Waals surface area contributed by atoms with Crippen LogP contribution in [0.5, 0.6) is 0 Å². The van der Waals surface area contributed by atoms with Crippen LogP contribution in [0.25, 0.3) is 0 Å². The van der Waals surface area contributed by atoms with Gasteiger partial charge in [-0.2, -0.15) is 4.98 Å². The van der Waals surface area contributed by atoms with E-state index in [9.17, 15) is 29.1 Å². The fourth-order valence-electron chi connectivity index (χ4n) is 3.65. The Bertz CT molecular complexity index is 1510. The number of aliphatic carboxylic acids is 1. The monoisotopic (exact) mass is 580 g/mol. The van der Waals surface area contributed by atoms with Gasteiger partial charge in [-0.1, -0.05) is 16.9 Å². The highest BCUT2D eigenvalue weighted by Crippen LogP contribution is 2.41. The number of thioether (sulfide) groups is 2. The number of β-lactam (4-membered cyclic amide) rings is 1. The maximum absolute atomic E-state index is 13.1. The zero-order valence-electron chi connectivity index (χ0n) is 19.6. The molecule has 1 aliphatic carbocycles. The number of hydrogen-bond acceptors (Lipinski definition) is 13. The zero-order valence-corrected chi connectivity index (χ0v) is 22.0. The van der Waals surface area contributed by atoms with Gasteiger partial charge in [0.1, 0.15) is 28.9 Å². The van der Waals surface area contributed by atoms with Crippen LogP contribution in [-0.4, -0.2) is 82.3 Å². The number of carboxylic acid groups (broad SMARTS) is 1. The number of carboxylic acids is 1. The molecule has 15 nitrogen and oxygen atoms in total. The number of thiazole rings is 1. The molecule has 18 heteroatoms. The fourth-order valence-corrected chi connectivity index (χ4v) is 6.60. The first kappa shape index (κ1) is 26.0. The van der Waals surface area contributed by atoms with Gasteiger partial charge in [-0.25, -0.2) is 9.78 Å². The molecule has 1 saturated carbocycles. The molecule has 38 heavy (non-hydrogen) atoms. The first-order valence-corrected chi connectivity index (χ1v) is 14.0. The minimum absolute atomic E-state index is 0.0724. The standard InChI is InChI=1S/C20H20N8O7S3/c1-27-20(24-14(30)15(31)25-27)38-5-7-4-36-17-11(16(32)28(17)12(7)18(33)34)23-13(29)10(26-35-8-2-3-8)9-6-37-19(21)22-9/h6,8,11,17H,2-5H2,1H3,(H2,21,22)(H,23,29)(H,25,31)(H,33,34)/b26-10+/t11-,17-/m1/s1. The SMILES string of the molecule is Cn1[nH]c(=O)c(=O)nc1SCC1=C(C(=O)O)N2C(=O)[C@@H](NC(=O)/C(=N/OC3CC3)c3csc(N)n3)[C@H]2SC1. The largest absolute Gasteiger partial charge is 0.477 e. The van der Waals surface area contributed by atoms with Crippen LogP contribution in [0.3, 0.4) is 0 Å². The number of hydrogen-bond donors (Lipinski definition) is 4.